The van der Waals surface area contributed by atoms with Crippen LogP contribution < -0.4 is 5.32 Å². The third-order valence-corrected chi connectivity index (χ3v) is 5.46. The number of nitrogens with one attached hydrogen (secondary N) is 1. The standard InChI is InChI=1S/C16H25NS/c1-4-13(5-2)12(3)17-11-15-10-14-8-6-7-9-16(14)18-15/h6-9,12-13,15,17H,4-5,10-11H2,1-3H3. The van der Waals surface area contributed by atoms with Crippen LogP contribution in [0.25, 0.3) is 0 Å². The first-order chi connectivity index (χ1) is 8.74. The van der Waals surface area contributed by atoms with E-state index in [1.54, 1.807) is 0 Å². The van der Waals surface area contributed by atoms with Gasteiger partial charge in [-0.3, -0.25) is 0 Å². The van der Waals surface area contributed by atoms with Crippen LogP contribution in [-0.4, -0.2) is 17.8 Å². The van der Waals surface area contributed by atoms with Crippen molar-refractivity contribution in [1.29, 1.82) is 0 Å². The molecule has 0 bridgehead atoms. The first-order valence-corrected chi connectivity index (χ1v) is 8.10. The minimum Gasteiger partial charge on any atom is -0.313 e. The molecule has 0 aromatic heterocycles. The zero-order chi connectivity index (χ0) is 13.0. The summed E-state index contributed by atoms with van der Waals surface area (Å²) < 4.78 is 0. The lowest BCUT2D eigenvalue weighted by molar-refractivity contribution is 0.355. The zero-order valence-corrected chi connectivity index (χ0v) is 12.6. The van der Waals surface area contributed by atoms with Crippen molar-refractivity contribution in [3.63, 3.8) is 0 Å². The second-order valence-electron chi connectivity index (χ2n) is 5.33. The second kappa shape index (κ2) is 6.63. The summed E-state index contributed by atoms with van der Waals surface area (Å²) in [6.45, 7) is 8.07. The van der Waals surface area contributed by atoms with E-state index < -0.39 is 0 Å². The van der Waals surface area contributed by atoms with E-state index in [0.717, 1.165) is 17.7 Å². The van der Waals surface area contributed by atoms with Crippen molar-refractivity contribution >= 4 is 11.8 Å². The number of benzene rings is 1. The van der Waals surface area contributed by atoms with Gasteiger partial charge in [-0.15, -0.1) is 11.8 Å². The zero-order valence-electron chi connectivity index (χ0n) is 11.8. The van der Waals surface area contributed by atoms with E-state index in [4.69, 9.17) is 0 Å². The Labute approximate surface area is 116 Å². The Balaban J connectivity index is 1.80. The fraction of sp³-hybridized carbons (Fsp3) is 0.625. The molecule has 0 aliphatic carbocycles. The summed E-state index contributed by atoms with van der Waals surface area (Å²) in [5, 5.41) is 4.46. The molecule has 0 amide bonds. The second-order valence-corrected chi connectivity index (χ2v) is 6.67. The summed E-state index contributed by atoms with van der Waals surface area (Å²) in [6, 6.07) is 9.47. The van der Waals surface area contributed by atoms with Crippen LogP contribution in [0.4, 0.5) is 0 Å². The molecule has 1 aliphatic rings. The van der Waals surface area contributed by atoms with E-state index in [-0.39, 0.29) is 0 Å². The minimum absolute atomic E-state index is 0.643. The molecule has 0 fully saturated rings. The molecule has 100 valence electrons. The lowest BCUT2D eigenvalue weighted by Gasteiger charge is -2.24. The predicted molar refractivity (Wildman–Crippen MR) is 81.3 cm³/mol. The molecule has 2 atom stereocenters. The third-order valence-electron chi connectivity index (χ3n) is 4.14. The monoisotopic (exact) mass is 263 g/mol. The molecule has 0 spiro atoms. The average Bonchev–Trinajstić information content (AvgIpc) is 2.80. The van der Waals surface area contributed by atoms with Gasteiger partial charge < -0.3 is 5.32 Å². The largest absolute Gasteiger partial charge is 0.313 e. The Hall–Kier alpha value is -0.470. The fourth-order valence-electron chi connectivity index (χ4n) is 2.85. The van der Waals surface area contributed by atoms with Gasteiger partial charge in [0.1, 0.15) is 0 Å². The molecular formula is C16H25NS. The molecule has 1 N–H and O–H groups in total. The van der Waals surface area contributed by atoms with Gasteiger partial charge in [-0.1, -0.05) is 44.9 Å². The fourth-order valence-corrected chi connectivity index (χ4v) is 4.11. The van der Waals surface area contributed by atoms with Gasteiger partial charge in [-0.05, 0) is 30.9 Å². The van der Waals surface area contributed by atoms with Crippen molar-refractivity contribution in [3.05, 3.63) is 29.8 Å². The smallest absolute Gasteiger partial charge is 0.0260 e. The van der Waals surface area contributed by atoms with Gasteiger partial charge in [0.2, 0.25) is 0 Å². The molecule has 1 nitrogen and oxygen atoms in total. The van der Waals surface area contributed by atoms with E-state index in [0.29, 0.717) is 6.04 Å². The summed E-state index contributed by atoms with van der Waals surface area (Å²) in [5.41, 5.74) is 1.53. The number of thioether (sulfide) groups is 1. The molecular weight excluding hydrogens is 238 g/mol. The lowest BCUT2D eigenvalue weighted by atomic mass is 9.95. The molecule has 1 heterocycles. The van der Waals surface area contributed by atoms with E-state index >= 15 is 0 Å². The van der Waals surface area contributed by atoms with Crippen LogP contribution in [0.15, 0.2) is 29.2 Å². The van der Waals surface area contributed by atoms with Gasteiger partial charge >= 0.3 is 0 Å². The van der Waals surface area contributed by atoms with Crippen molar-refractivity contribution < 1.29 is 0 Å². The highest BCUT2D eigenvalue weighted by atomic mass is 32.2. The van der Waals surface area contributed by atoms with Crippen LogP contribution in [0.1, 0.15) is 39.2 Å². The van der Waals surface area contributed by atoms with E-state index in [1.165, 1.54) is 29.7 Å². The Morgan fingerprint density at radius 3 is 2.67 bits per heavy atom. The van der Waals surface area contributed by atoms with Crippen molar-refractivity contribution in [3.8, 4) is 0 Å². The summed E-state index contributed by atoms with van der Waals surface area (Å²) in [4.78, 5) is 1.49. The van der Waals surface area contributed by atoms with Gasteiger partial charge in [0.15, 0.2) is 0 Å². The highest BCUT2D eigenvalue weighted by Crippen LogP contribution is 2.36. The van der Waals surface area contributed by atoms with Gasteiger partial charge in [-0.2, -0.15) is 0 Å². The molecule has 1 aliphatic heterocycles. The van der Waals surface area contributed by atoms with Crippen molar-refractivity contribution in [2.75, 3.05) is 6.54 Å². The van der Waals surface area contributed by atoms with Crippen LogP contribution in [0.2, 0.25) is 0 Å². The Morgan fingerprint density at radius 1 is 1.28 bits per heavy atom. The van der Waals surface area contributed by atoms with Gasteiger partial charge in [-0.25, -0.2) is 0 Å². The molecule has 2 heteroatoms. The number of fused-ring (bicyclic) bond motifs is 1. The van der Waals surface area contributed by atoms with Crippen LogP contribution in [0, 0.1) is 5.92 Å². The Bertz CT molecular complexity index is 348. The molecule has 2 rings (SSSR count). The average molecular weight is 263 g/mol. The summed E-state index contributed by atoms with van der Waals surface area (Å²) in [6.07, 6.45) is 3.79. The molecule has 1 aromatic rings. The van der Waals surface area contributed by atoms with E-state index in [9.17, 15) is 0 Å². The maximum Gasteiger partial charge on any atom is 0.0260 e. The van der Waals surface area contributed by atoms with Gasteiger partial charge in [0.25, 0.3) is 0 Å². The number of hydrogen-bond donors (Lipinski definition) is 1. The van der Waals surface area contributed by atoms with Crippen molar-refractivity contribution in [2.45, 2.75) is 56.2 Å². The first kappa shape index (κ1) is 14.0. The molecule has 0 radical (unpaired) electrons. The Kier molecular flexibility index (Phi) is 5.13. The maximum atomic E-state index is 3.74. The summed E-state index contributed by atoms with van der Waals surface area (Å²) in [5.74, 6) is 0.818. The highest BCUT2D eigenvalue weighted by molar-refractivity contribution is 8.00. The van der Waals surface area contributed by atoms with E-state index in [2.05, 4.69) is 50.4 Å². The number of rotatable bonds is 6. The molecule has 1 aromatic carbocycles. The van der Waals surface area contributed by atoms with Gasteiger partial charge in [0, 0.05) is 22.7 Å². The minimum atomic E-state index is 0.643. The topological polar surface area (TPSA) is 12.0 Å². The van der Waals surface area contributed by atoms with Crippen LogP contribution >= 0.6 is 11.8 Å². The quantitative estimate of drug-likeness (QED) is 0.828. The first-order valence-electron chi connectivity index (χ1n) is 7.22. The third kappa shape index (κ3) is 3.30. The highest BCUT2D eigenvalue weighted by Gasteiger charge is 2.22. The van der Waals surface area contributed by atoms with Crippen LogP contribution in [-0.2, 0) is 6.42 Å². The lowest BCUT2D eigenvalue weighted by Crippen LogP contribution is -2.37. The number of hydrogen-bond acceptors (Lipinski definition) is 2. The van der Waals surface area contributed by atoms with E-state index in [1.807, 2.05) is 11.8 Å². The predicted octanol–water partition coefficient (Wildman–Crippen LogP) is 4.12. The van der Waals surface area contributed by atoms with Gasteiger partial charge in [0.05, 0.1) is 0 Å². The molecule has 18 heavy (non-hydrogen) atoms. The summed E-state index contributed by atoms with van der Waals surface area (Å²) in [7, 11) is 0. The van der Waals surface area contributed by atoms with Crippen LogP contribution in [0.3, 0.4) is 0 Å². The van der Waals surface area contributed by atoms with Crippen LogP contribution in [0.5, 0.6) is 0 Å². The Morgan fingerprint density at radius 2 is 2.00 bits per heavy atom. The van der Waals surface area contributed by atoms with Crippen molar-refractivity contribution in [1.82, 2.24) is 5.32 Å². The molecule has 0 saturated carbocycles. The normalized spacial score (nSPS) is 20.1. The SMILES string of the molecule is CCC(CC)C(C)NCC1Cc2ccccc2S1. The maximum absolute atomic E-state index is 3.74. The van der Waals surface area contributed by atoms with Crippen molar-refractivity contribution in [2.24, 2.45) is 5.92 Å². The summed E-state index contributed by atoms with van der Waals surface area (Å²) >= 11 is 2.04. The molecule has 0 saturated heterocycles. The molecule has 2 unspecified atom stereocenters.